The van der Waals surface area contributed by atoms with Crippen LogP contribution >= 0.6 is 0 Å². The number of hydrogen-bond acceptors (Lipinski definition) is 1. The van der Waals surface area contributed by atoms with Crippen LogP contribution in [0.2, 0.25) is 0 Å². The zero-order valence-electron chi connectivity index (χ0n) is 12.0. The minimum absolute atomic E-state index is 0.469. The summed E-state index contributed by atoms with van der Waals surface area (Å²) in [6.07, 6.45) is 7.49. The quantitative estimate of drug-likeness (QED) is 0.784. The molecule has 0 bridgehead atoms. The molecule has 0 saturated carbocycles. The van der Waals surface area contributed by atoms with Crippen LogP contribution < -0.4 is 0 Å². The second-order valence-electron chi connectivity index (χ2n) is 5.02. The maximum Gasteiger partial charge on any atom is 0.0394 e. The minimum atomic E-state index is 0.469. The number of nitrogens with zero attached hydrogens (tertiary/aromatic N) is 1. The van der Waals surface area contributed by atoms with Gasteiger partial charge in [-0.2, -0.15) is 0 Å². The summed E-state index contributed by atoms with van der Waals surface area (Å²) in [7, 11) is 0. The first-order chi connectivity index (χ1) is 9.26. The van der Waals surface area contributed by atoms with Crippen molar-refractivity contribution in [2.45, 2.75) is 26.3 Å². The van der Waals surface area contributed by atoms with E-state index in [9.17, 15) is 0 Å². The van der Waals surface area contributed by atoms with Crippen molar-refractivity contribution in [3.63, 3.8) is 0 Å². The standard InChI is InChI=1S/C18H23N/c1-4-6-12-17-15(3)14-19(5-2)18(17)13-16-10-8-7-9-11-16/h4,6-12,18H,3,5,13-14H2,1-2H3. The molecule has 1 aliphatic heterocycles. The van der Waals surface area contributed by atoms with Gasteiger partial charge in [-0.15, -0.1) is 0 Å². The van der Waals surface area contributed by atoms with E-state index in [2.05, 4.69) is 73.9 Å². The highest BCUT2D eigenvalue weighted by Crippen LogP contribution is 2.29. The summed E-state index contributed by atoms with van der Waals surface area (Å²) >= 11 is 0. The Hall–Kier alpha value is -1.60. The Morgan fingerprint density at radius 1 is 1.32 bits per heavy atom. The fraction of sp³-hybridized carbons (Fsp3) is 0.333. The Morgan fingerprint density at radius 3 is 2.68 bits per heavy atom. The molecule has 1 saturated heterocycles. The number of allylic oxidation sites excluding steroid dienone is 3. The minimum Gasteiger partial charge on any atom is -0.292 e. The summed E-state index contributed by atoms with van der Waals surface area (Å²) in [5, 5.41) is 0. The number of hydrogen-bond donors (Lipinski definition) is 0. The lowest BCUT2D eigenvalue weighted by Gasteiger charge is -2.23. The largest absolute Gasteiger partial charge is 0.292 e. The number of likely N-dealkylation sites (tertiary alicyclic amines) is 1. The highest BCUT2D eigenvalue weighted by molar-refractivity contribution is 5.42. The van der Waals surface area contributed by atoms with E-state index in [1.54, 1.807) is 0 Å². The van der Waals surface area contributed by atoms with Crippen molar-refractivity contribution < 1.29 is 0 Å². The van der Waals surface area contributed by atoms with Crippen LogP contribution in [-0.2, 0) is 6.42 Å². The third-order valence-electron chi connectivity index (χ3n) is 3.75. The fourth-order valence-corrected chi connectivity index (χ4v) is 2.72. The maximum absolute atomic E-state index is 4.23. The Labute approximate surface area is 116 Å². The predicted octanol–water partition coefficient (Wildman–Crippen LogP) is 3.99. The highest BCUT2D eigenvalue weighted by atomic mass is 15.2. The van der Waals surface area contributed by atoms with E-state index in [-0.39, 0.29) is 0 Å². The van der Waals surface area contributed by atoms with E-state index in [1.807, 2.05) is 0 Å². The number of benzene rings is 1. The Bertz CT molecular complexity index is 482. The molecule has 19 heavy (non-hydrogen) atoms. The first kappa shape index (κ1) is 13.8. The molecule has 0 N–H and O–H groups in total. The lowest BCUT2D eigenvalue weighted by Crippen LogP contribution is -2.31. The van der Waals surface area contributed by atoms with Gasteiger partial charge in [0.2, 0.25) is 0 Å². The molecule has 2 rings (SSSR count). The Kier molecular flexibility index (Phi) is 4.75. The third-order valence-corrected chi connectivity index (χ3v) is 3.75. The molecule has 1 heterocycles. The summed E-state index contributed by atoms with van der Waals surface area (Å²) in [4.78, 5) is 2.50. The Balaban J connectivity index is 2.24. The SMILES string of the molecule is C=C1CN(CC)C(Cc2ccccc2)C1=CC=CC. The smallest absolute Gasteiger partial charge is 0.0394 e. The van der Waals surface area contributed by atoms with Crippen LogP contribution in [0.5, 0.6) is 0 Å². The van der Waals surface area contributed by atoms with Gasteiger partial charge in [-0.1, -0.05) is 62.1 Å². The van der Waals surface area contributed by atoms with Crippen LogP contribution in [0.15, 0.2) is 66.3 Å². The maximum atomic E-state index is 4.23. The molecule has 1 nitrogen and oxygen atoms in total. The van der Waals surface area contributed by atoms with Crippen LogP contribution in [0.4, 0.5) is 0 Å². The van der Waals surface area contributed by atoms with E-state index >= 15 is 0 Å². The van der Waals surface area contributed by atoms with Gasteiger partial charge in [-0.3, -0.25) is 4.90 Å². The third kappa shape index (κ3) is 3.24. The van der Waals surface area contributed by atoms with E-state index in [0.717, 1.165) is 19.5 Å². The summed E-state index contributed by atoms with van der Waals surface area (Å²) < 4.78 is 0. The zero-order chi connectivity index (χ0) is 13.7. The fourth-order valence-electron chi connectivity index (χ4n) is 2.72. The van der Waals surface area contributed by atoms with Gasteiger partial charge in [0.25, 0.3) is 0 Å². The Morgan fingerprint density at radius 2 is 2.05 bits per heavy atom. The molecular formula is C18H23N. The molecule has 1 atom stereocenters. The number of rotatable bonds is 4. The van der Waals surface area contributed by atoms with Crippen LogP contribution in [0.3, 0.4) is 0 Å². The monoisotopic (exact) mass is 253 g/mol. The van der Waals surface area contributed by atoms with Crippen molar-refractivity contribution in [1.82, 2.24) is 4.90 Å². The molecule has 1 fully saturated rings. The lowest BCUT2D eigenvalue weighted by molar-refractivity contribution is 0.287. The molecule has 0 aromatic heterocycles. The summed E-state index contributed by atoms with van der Waals surface area (Å²) in [6, 6.07) is 11.2. The van der Waals surface area contributed by atoms with E-state index in [4.69, 9.17) is 0 Å². The molecule has 1 heteroatoms. The van der Waals surface area contributed by atoms with Gasteiger partial charge >= 0.3 is 0 Å². The van der Waals surface area contributed by atoms with E-state index in [0.29, 0.717) is 6.04 Å². The van der Waals surface area contributed by atoms with Gasteiger partial charge in [0.1, 0.15) is 0 Å². The molecule has 1 unspecified atom stereocenters. The lowest BCUT2D eigenvalue weighted by atomic mass is 9.97. The van der Waals surface area contributed by atoms with Gasteiger partial charge in [0.15, 0.2) is 0 Å². The van der Waals surface area contributed by atoms with Crippen LogP contribution in [-0.4, -0.2) is 24.0 Å². The van der Waals surface area contributed by atoms with Gasteiger partial charge in [-0.05, 0) is 36.6 Å². The van der Waals surface area contributed by atoms with Crippen molar-refractivity contribution in [3.05, 3.63) is 71.8 Å². The average Bonchev–Trinajstić information content (AvgIpc) is 2.73. The molecule has 0 spiro atoms. The molecular weight excluding hydrogens is 230 g/mol. The van der Waals surface area contributed by atoms with Crippen molar-refractivity contribution in [1.29, 1.82) is 0 Å². The summed E-state index contributed by atoms with van der Waals surface area (Å²) in [6.45, 7) is 10.6. The summed E-state index contributed by atoms with van der Waals surface area (Å²) in [5.41, 5.74) is 4.05. The van der Waals surface area contributed by atoms with Gasteiger partial charge in [-0.25, -0.2) is 0 Å². The predicted molar refractivity (Wildman–Crippen MR) is 83.2 cm³/mol. The summed E-state index contributed by atoms with van der Waals surface area (Å²) in [5.74, 6) is 0. The molecule has 0 radical (unpaired) electrons. The highest BCUT2D eigenvalue weighted by Gasteiger charge is 2.30. The van der Waals surface area contributed by atoms with Gasteiger partial charge in [0, 0.05) is 12.6 Å². The van der Waals surface area contributed by atoms with Gasteiger partial charge < -0.3 is 0 Å². The first-order valence-electron chi connectivity index (χ1n) is 7.05. The molecule has 1 aromatic carbocycles. The van der Waals surface area contributed by atoms with E-state index < -0.39 is 0 Å². The molecule has 1 aliphatic rings. The van der Waals surface area contributed by atoms with Crippen molar-refractivity contribution >= 4 is 0 Å². The zero-order valence-corrected chi connectivity index (χ0v) is 12.0. The van der Waals surface area contributed by atoms with Crippen molar-refractivity contribution in [2.75, 3.05) is 13.1 Å². The van der Waals surface area contributed by atoms with Crippen molar-refractivity contribution in [3.8, 4) is 0 Å². The van der Waals surface area contributed by atoms with Crippen molar-refractivity contribution in [2.24, 2.45) is 0 Å². The average molecular weight is 253 g/mol. The van der Waals surface area contributed by atoms with Crippen LogP contribution in [0.25, 0.3) is 0 Å². The van der Waals surface area contributed by atoms with Gasteiger partial charge in [0.05, 0.1) is 0 Å². The molecule has 100 valence electrons. The molecule has 0 amide bonds. The second-order valence-corrected chi connectivity index (χ2v) is 5.02. The number of likely N-dealkylation sites (N-methyl/N-ethyl adjacent to an activating group) is 1. The van der Waals surface area contributed by atoms with Crippen LogP contribution in [0, 0.1) is 0 Å². The first-order valence-corrected chi connectivity index (χ1v) is 7.05. The second kappa shape index (κ2) is 6.53. The molecule has 1 aromatic rings. The topological polar surface area (TPSA) is 3.24 Å². The van der Waals surface area contributed by atoms with E-state index in [1.165, 1.54) is 16.7 Å². The molecule has 0 aliphatic carbocycles. The normalized spacial score (nSPS) is 22.7. The van der Waals surface area contributed by atoms with Crippen LogP contribution in [0.1, 0.15) is 19.4 Å².